The number of nitrogens with zero attached hydrogens (tertiary/aromatic N) is 2. The van der Waals surface area contributed by atoms with Gasteiger partial charge < -0.3 is 0 Å². The van der Waals surface area contributed by atoms with E-state index in [-0.39, 0.29) is 0 Å². The lowest BCUT2D eigenvalue weighted by Crippen LogP contribution is -1.88. The van der Waals surface area contributed by atoms with Crippen LogP contribution in [0.2, 0.25) is 0 Å². The van der Waals surface area contributed by atoms with Crippen LogP contribution in [0.15, 0.2) is 28.2 Å². The summed E-state index contributed by atoms with van der Waals surface area (Å²) in [6.07, 6.45) is 8.28. The molecule has 0 N–H and O–H groups in total. The lowest BCUT2D eigenvalue weighted by Gasteiger charge is -2.04. The van der Waals surface area contributed by atoms with E-state index < -0.39 is 0 Å². The molecule has 0 saturated carbocycles. The number of aryl methyl sites for hydroxylation is 2. The molecule has 0 aromatic heterocycles. The zero-order chi connectivity index (χ0) is 13.9. The summed E-state index contributed by atoms with van der Waals surface area (Å²) in [4.78, 5) is 27.4. The number of aliphatic imine (C=N–C) groups is 2. The maximum absolute atomic E-state index is 10.3. The number of hydrogen-bond donors (Lipinski definition) is 0. The minimum Gasteiger partial charge on any atom is -0.211 e. The number of unbranched alkanes of at least 4 members (excludes halogenated alkanes) is 3. The molecular formula is C15H18N2O2. The first-order valence-electron chi connectivity index (χ1n) is 6.49. The summed E-state index contributed by atoms with van der Waals surface area (Å²) in [6.45, 7) is 2.50. The third kappa shape index (κ3) is 5.91. The molecule has 0 fully saturated rings. The number of benzene rings is 1. The summed E-state index contributed by atoms with van der Waals surface area (Å²) >= 11 is 0. The Morgan fingerprint density at radius 3 is 2.58 bits per heavy atom. The molecule has 0 amide bonds. The van der Waals surface area contributed by atoms with Gasteiger partial charge in [0.05, 0.1) is 12.2 Å². The van der Waals surface area contributed by atoms with Crippen molar-refractivity contribution < 1.29 is 9.59 Å². The molecule has 0 spiro atoms. The third-order valence-electron chi connectivity index (χ3n) is 2.99. The van der Waals surface area contributed by atoms with E-state index in [1.54, 1.807) is 12.2 Å². The van der Waals surface area contributed by atoms with Crippen LogP contribution in [-0.4, -0.2) is 18.7 Å². The second kappa shape index (κ2) is 8.98. The molecule has 0 saturated heterocycles. The second-order valence-electron chi connectivity index (χ2n) is 4.46. The van der Waals surface area contributed by atoms with E-state index in [1.165, 1.54) is 5.56 Å². The summed E-state index contributed by atoms with van der Waals surface area (Å²) in [5, 5.41) is 0. The summed E-state index contributed by atoms with van der Waals surface area (Å²) in [6, 6.07) is 5.98. The molecule has 0 atom stereocenters. The van der Waals surface area contributed by atoms with Crippen molar-refractivity contribution in [2.75, 3.05) is 6.54 Å². The van der Waals surface area contributed by atoms with E-state index in [1.807, 2.05) is 19.1 Å². The molecule has 1 aromatic rings. The Labute approximate surface area is 113 Å². The molecule has 0 aliphatic heterocycles. The van der Waals surface area contributed by atoms with E-state index in [9.17, 15) is 9.59 Å². The predicted octanol–water partition coefficient (Wildman–Crippen LogP) is 3.40. The standard InChI is InChI=1S/C15H18N2O2/c1-13-7-8-14(10-15(13)17-12-19)6-4-2-3-5-9-16-11-18/h7-8,10H,2-6,9H2,1H3. The van der Waals surface area contributed by atoms with Crippen LogP contribution in [0.4, 0.5) is 5.69 Å². The van der Waals surface area contributed by atoms with Gasteiger partial charge in [-0.1, -0.05) is 25.0 Å². The molecule has 4 nitrogen and oxygen atoms in total. The molecule has 0 aliphatic rings. The topological polar surface area (TPSA) is 58.9 Å². The maximum Gasteiger partial charge on any atom is 0.240 e. The summed E-state index contributed by atoms with van der Waals surface area (Å²) in [5.74, 6) is 0. The quantitative estimate of drug-likeness (QED) is 0.407. The van der Waals surface area contributed by atoms with Crippen molar-refractivity contribution in [1.82, 2.24) is 0 Å². The van der Waals surface area contributed by atoms with Gasteiger partial charge >= 0.3 is 0 Å². The first kappa shape index (κ1) is 15.0. The van der Waals surface area contributed by atoms with Crippen molar-refractivity contribution in [3.63, 3.8) is 0 Å². The smallest absolute Gasteiger partial charge is 0.211 e. The Hall–Kier alpha value is -2.02. The molecule has 0 aliphatic carbocycles. The van der Waals surface area contributed by atoms with E-state index in [0.717, 1.165) is 37.7 Å². The van der Waals surface area contributed by atoms with Gasteiger partial charge in [0, 0.05) is 0 Å². The fourth-order valence-corrected chi connectivity index (χ4v) is 1.90. The number of rotatable bonds is 8. The van der Waals surface area contributed by atoms with Gasteiger partial charge in [-0.25, -0.2) is 14.6 Å². The van der Waals surface area contributed by atoms with Crippen molar-refractivity contribution in [2.45, 2.75) is 39.0 Å². The van der Waals surface area contributed by atoms with Crippen LogP contribution in [0.5, 0.6) is 0 Å². The third-order valence-corrected chi connectivity index (χ3v) is 2.99. The lowest BCUT2D eigenvalue weighted by atomic mass is 10.0. The highest BCUT2D eigenvalue weighted by atomic mass is 16.1. The number of hydrogen-bond acceptors (Lipinski definition) is 4. The zero-order valence-electron chi connectivity index (χ0n) is 11.2. The lowest BCUT2D eigenvalue weighted by molar-refractivity contribution is 0.561. The van der Waals surface area contributed by atoms with Gasteiger partial charge in [0.1, 0.15) is 0 Å². The highest BCUT2D eigenvalue weighted by Gasteiger charge is 1.99. The molecule has 1 aromatic carbocycles. The van der Waals surface area contributed by atoms with Crippen molar-refractivity contribution in [1.29, 1.82) is 0 Å². The van der Waals surface area contributed by atoms with Gasteiger partial charge in [-0.05, 0) is 43.4 Å². The van der Waals surface area contributed by atoms with Crippen LogP contribution >= 0.6 is 0 Å². The van der Waals surface area contributed by atoms with Crippen LogP contribution in [0.1, 0.15) is 36.8 Å². The monoisotopic (exact) mass is 258 g/mol. The Balaban J connectivity index is 2.35. The second-order valence-corrected chi connectivity index (χ2v) is 4.46. The molecule has 1 rings (SSSR count). The molecule has 0 unspecified atom stereocenters. The molecule has 100 valence electrons. The van der Waals surface area contributed by atoms with E-state index in [4.69, 9.17) is 0 Å². The molecule has 19 heavy (non-hydrogen) atoms. The molecule has 0 bridgehead atoms. The Kier molecular flexibility index (Phi) is 7.11. The van der Waals surface area contributed by atoms with Gasteiger partial charge in [0.15, 0.2) is 0 Å². The average Bonchev–Trinajstić information content (AvgIpc) is 2.41. The van der Waals surface area contributed by atoms with Crippen molar-refractivity contribution in [2.24, 2.45) is 9.98 Å². The number of carbonyl (C=O) groups excluding carboxylic acids is 2. The first-order valence-corrected chi connectivity index (χ1v) is 6.49. The summed E-state index contributed by atoms with van der Waals surface area (Å²) < 4.78 is 0. The van der Waals surface area contributed by atoms with Gasteiger partial charge in [0.25, 0.3) is 0 Å². The normalized spacial score (nSPS) is 9.53. The molecule has 4 heteroatoms. The first-order chi connectivity index (χ1) is 9.27. The maximum atomic E-state index is 10.3. The number of isocyanates is 2. The Bertz CT molecular complexity index is 499. The van der Waals surface area contributed by atoms with Crippen LogP contribution in [-0.2, 0) is 16.0 Å². The predicted molar refractivity (Wildman–Crippen MR) is 74.1 cm³/mol. The van der Waals surface area contributed by atoms with Crippen LogP contribution in [0.3, 0.4) is 0 Å². The Morgan fingerprint density at radius 2 is 1.84 bits per heavy atom. The van der Waals surface area contributed by atoms with E-state index in [0.29, 0.717) is 12.2 Å². The summed E-state index contributed by atoms with van der Waals surface area (Å²) in [7, 11) is 0. The van der Waals surface area contributed by atoms with E-state index in [2.05, 4.69) is 16.1 Å². The van der Waals surface area contributed by atoms with Crippen LogP contribution in [0, 0.1) is 6.92 Å². The molecular weight excluding hydrogens is 240 g/mol. The fraction of sp³-hybridized carbons (Fsp3) is 0.467. The minimum atomic E-state index is 0.576. The Morgan fingerprint density at radius 1 is 1.05 bits per heavy atom. The van der Waals surface area contributed by atoms with Crippen LogP contribution < -0.4 is 0 Å². The SMILES string of the molecule is Cc1ccc(CCCCCCN=C=O)cc1N=C=O. The zero-order valence-corrected chi connectivity index (χ0v) is 11.2. The average molecular weight is 258 g/mol. The highest BCUT2D eigenvalue weighted by Crippen LogP contribution is 2.20. The van der Waals surface area contributed by atoms with Gasteiger partial charge in [-0.3, -0.25) is 0 Å². The van der Waals surface area contributed by atoms with E-state index >= 15 is 0 Å². The van der Waals surface area contributed by atoms with Crippen molar-refractivity contribution in [3.05, 3.63) is 29.3 Å². The molecule has 0 radical (unpaired) electrons. The fourth-order valence-electron chi connectivity index (χ4n) is 1.90. The summed E-state index contributed by atoms with van der Waals surface area (Å²) in [5.41, 5.74) is 2.87. The largest absolute Gasteiger partial charge is 0.240 e. The van der Waals surface area contributed by atoms with Gasteiger partial charge in [-0.15, -0.1) is 0 Å². The highest BCUT2D eigenvalue weighted by molar-refractivity contribution is 5.54. The van der Waals surface area contributed by atoms with Gasteiger partial charge in [0.2, 0.25) is 12.2 Å². The van der Waals surface area contributed by atoms with Crippen molar-refractivity contribution >= 4 is 17.8 Å². The van der Waals surface area contributed by atoms with Gasteiger partial charge in [-0.2, -0.15) is 4.99 Å². The van der Waals surface area contributed by atoms with Crippen molar-refractivity contribution in [3.8, 4) is 0 Å². The van der Waals surface area contributed by atoms with Crippen LogP contribution in [0.25, 0.3) is 0 Å². The minimum absolute atomic E-state index is 0.576. The molecule has 0 heterocycles.